The van der Waals surface area contributed by atoms with E-state index < -0.39 is 11.9 Å². The lowest BCUT2D eigenvalue weighted by molar-refractivity contribution is -0.120. The molecule has 1 aliphatic heterocycles. The zero-order valence-electron chi connectivity index (χ0n) is 15.5. The van der Waals surface area contributed by atoms with Gasteiger partial charge in [0.25, 0.3) is 0 Å². The SMILES string of the molecule is CC(C)(C)c1cc(NC(=O)[C@@H]2CCC(=O)N2c2cccc(C(N)=O)c2)no1. The lowest BCUT2D eigenvalue weighted by atomic mass is 9.93. The molecular weight excluding hydrogens is 348 g/mol. The summed E-state index contributed by atoms with van der Waals surface area (Å²) in [6, 6.07) is 7.35. The Morgan fingerprint density at radius 3 is 2.67 bits per heavy atom. The number of carbonyl (C=O) groups excluding carboxylic acids is 3. The molecule has 1 aromatic carbocycles. The molecule has 0 unspecified atom stereocenters. The molecule has 8 nitrogen and oxygen atoms in total. The van der Waals surface area contributed by atoms with Crippen molar-refractivity contribution >= 4 is 29.2 Å². The Bertz CT molecular complexity index is 897. The number of nitrogens with one attached hydrogen (secondary N) is 1. The van der Waals surface area contributed by atoms with Crippen LogP contribution in [0, 0.1) is 0 Å². The molecule has 142 valence electrons. The number of rotatable bonds is 4. The minimum absolute atomic E-state index is 0.188. The first-order valence-corrected chi connectivity index (χ1v) is 8.67. The van der Waals surface area contributed by atoms with Crippen LogP contribution in [0.2, 0.25) is 0 Å². The number of anilines is 2. The van der Waals surface area contributed by atoms with Gasteiger partial charge in [0.2, 0.25) is 17.7 Å². The molecule has 0 radical (unpaired) electrons. The highest BCUT2D eigenvalue weighted by molar-refractivity contribution is 6.07. The molecule has 3 amide bonds. The van der Waals surface area contributed by atoms with Crippen LogP contribution in [0.1, 0.15) is 49.7 Å². The van der Waals surface area contributed by atoms with E-state index in [4.69, 9.17) is 10.3 Å². The van der Waals surface area contributed by atoms with Crippen molar-refractivity contribution < 1.29 is 18.9 Å². The summed E-state index contributed by atoms with van der Waals surface area (Å²) in [6.07, 6.45) is 0.611. The molecule has 2 heterocycles. The summed E-state index contributed by atoms with van der Waals surface area (Å²) in [5.41, 5.74) is 5.81. The van der Waals surface area contributed by atoms with E-state index in [0.29, 0.717) is 23.7 Å². The summed E-state index contributed by atoms with van der Waals surface area (Å²) in [6.45, 7) is 5.92. The van der Waals surface area contributed by atoms with Gasteiger partial charge in [0.15, 0.2) is 5.82 Å². The van der Waals surface area contributed by atoms with Crippen molar-refractivity contribution in [1.82, 2.24) is 5.16 Å². The Balaban J connectivity index is 1.81. The average molecular weight is 370 g/mol. The number of benzene rings is 1. The first-order chi connectivity index (χ1) is 12.7. The van der Waals surface area contributed by atoms with Crippen molar-refractivity contribution in [2.45, 2.75) is 45.1 Å². The van der Waals surface area contributed by atoms with Gasteiger partial charge in [-0.1, -0.05) is 32.0 Å². The van der Waals surface area contributed by atoms with Gasteiger partial charge in [0.05, 0.1) is 0 Å². The molecule has 1 atom stereocenters. The summed E-state index contributed by atoms with van der Waals surface area (Å²) in [7, 11) is 0. The van der Waals surface area contributed by atoms with E-state index in [9.17, 15) is 14.4 Å². The Hall–Kier alpha value is -3.16. The average Bonchev–Trinajstić information content (AvgIpc) is 3.21. The molecule has 0 spiro atoms. The molecule has 8 heteroatoms. The van der Waals surface area contributed by atoms with Gasteiger partial charge in [0, 0.05) is 29.2 Å². The summed E-state index contributed by atoms with van der Waals surface area (Å²) in [4.78, 5) is 37.9. The van der Waals surface area contributed by atoms with Crippen LogP contribution in [-0.2, 0) is 15.0 Å². The molecule has 1 saturated heterocycles. The first-order valence-electron chi connectivity index (χ1n) is 8.67. The summed E-state index contributed by atoms with van der Waals surface area (Å²) in [5, 5.41) is 6.58. The van der Waals surface area contributed by atoms with Gasteiger partial charge < -0.3 is 15.6 Å². The van der Waals surface area contributed by atoms with Crippen molar-refractivity contribution in [3.63, 3.8) is 0 Å². The predicted octanol–water partition coefficient (Wildman–Crippen LogP) is 2.21. The predicted molar refractivity (Wildman–Crippen MR) is 99.3 cm³/mol. The van der Waals surface area contributed by atoms with Crippen LogP contribution in [0.15, 0.2) is 34.9 Å². The maximum absolute atomic E-state index is 12.7. The molecule has 1 fully saturated rings. The van der Waals surface area contributed by atoms with Gasteiger partial charge >= 0.3 is 0 Å². The van der Waals surface area contributed by atoms with Gasteiger partial charge in [-0.15, -0.1) is 0 Å². The maximum atomic E-state index is 12.7. The second kappa shape index (κ2) is 6.86. The van der Waals surface area contributed by atoms with E-state index in [1.54, 1.807) is 24.3 Å². The monoisotopic (exact) mass is 370 g/mol. The highest BCUT2D eigenvalue weighted by Crippen LogP contribution is 2.29. The fourth-order valence-electron chi connectivity index (χ4n) is 2.96. The molecule has 0 saturated carbocycles. The van der Waals surface area contributed by atoms with Crippen LogP contribution in [-0.4, -0.2) is 28.9 Å². The number of aromatic nitrogens is 1. The van der Waals surface area contributed by atoms with Crippen LogP contribution in [0.4, 0.5) is 11.5 Å². The normalized spacial score (nSPS) is 17.2. The van der Waals surface area contributed by atoms with Crippen LogP contribution in [0.25, 0.3) is 0 Å². The number of hydrogen-bond acceptors (Lipinski definition) is 5. The first kappa shape index (κ1) is 18.6. The largest absolute Gasteiger partial charge is 0.366 e. The van der Waals surface area contributed by atoms with Crippen molar-refractivity contribution in [1.29, 1.82) is 0 Å². The third-order valence-electron chi connectivity index (χ3n) is 4.42. The molecule has 3 N–H and O–H groups in total. The number of hydrogen-bond donors (Lipinski definition) is 2. The second-order valence-corrected chi connectivity index (χ2v) is 7.55. The summed E-state index contributed by atoms with van der Waals surface area (Å²) < 4.78 is 5.27. The zero-order valence-corrected chi connectivity index (χ0v) is 15.5. The number of nitrogens with two attached hydrogens (primary N) is 1. The van der Waals surface area contributed by atoms with Crippen molar-refractivity contribution in [2.75, 3.05) is 10.2 Å². The number of carbonyl (C=O) groups is 3. The molecule has 1 aromatic heterocycles. The van der Waals surface area contributed by atoms with Gasteiger partial charge in [-0.3, -0.25) is 19.3 Å². The molecule has 1 aliphatic rings. The number of amides is 3. The molecule has 27 heavy (non-hydrogen) atoms. The Morgan fingerprint density at radius 2 is 2.04 bits per heavy atom. The summed E-state index contributed by atoms with van der Waals surface area (Å²) in [5.74, 6) is -0.199. The lowest BCUT2D eigenvalue weighted by Gasteiger charge is -2.24. The van der Waals surface area contributed by atoms with Crippen molar-refractivity contribution in [2.24, 2.45) is 5.73 Å². The van der Waals surface area contributed by atoms with Crippen LogP contribution in [0.3, 0.4) is 0 Å². The van der Waals surface area contributed by atoms with Gasteiger partial charge in [-0.05, 0) is 24.6 Å². The third kappa shape index (κ3) is 3.84. The van der Waals surface area contributed by atoms with E-state index >= 15 is 0 Å². The fraction of sp³-hybridized carbons (Fsp3) is 0.368. The molecule has 2 aromatic rings. The third-order valence-corrected chi connectivity index (χ3v) is 4.42. The van der Waals surface area contributed by atoms with E-state index in [2.05, 4.69) is 10.5 Å². The highest BCUT2D eigenvalue weighted by Gasteiger charge is 2.37. The van der Waals surface area contributed by atoms with Crippen LogP contribution in [0.5, 0.6) is 0 Å². The Morgan fingerprint density at radius 1 is 1.30 bits per heavy atom. The molecular formula is C19H22N4O4. The standard InChI is InChI=1S/C19H22N4O4/c1-19(2,3)14-10-15(22-27-14)21-18(26)13-7-8-16(24)23(13)12-6-4-5-11(9-12)17(20)25/h4-6,9-10,13H,7-8H2,1-3H3,(H2,20,25)(H,21,22,26)/t13-/m0/s1. The van der Waals surface area contributed by atoms with E-state index in [1.165, 1.54) is 11.0 Å². The Kier molecular flexibility index (Phi) is 4.73. The van der Waals surface area contributed by atoms with E-state index in [1.807, 2.05) is 20.8 Å². The second-order valence-electron chi connectivity index (χ2n) is 7.55. The smallest absolute Gasteiger partial charge is 0.248 e. The Labute approximate surface area is 156 Å². The zero-order chi connectivity index (χ0) is 19.8. The van der Waals surface area contributed by atoms with E-state index in [0.717, 1.165) is 0 Å². The van der Waals surface area contributed by atoms with Crippen LogP contribution < -0.4 is 16.0 Å². The fourth-order valence-corrected chi connectivity index (χ4v) is 2.96. The molecule has 3 rings (SSSR count). The number of primary amides is 1. The van der Waals surface area contributed by atoms with Crippen LogP contribution >= 0.6 is 0 Å². The quantitative estimate of drug-likeness (QED) is 0.855. The minimum atomic E-state index is -0.699. The summed E-state index contributed by atoms with van der Waals surface area (Å²) >= 11 is 0. The highest BCUT2D eigenvalue weighted by atomic mass is 16.5. The van der Waals surface area contributed by atoms with Gasteiger partial charge in [-0.25, -0.2) is 0 Å². The molecule has 0 aliphatic carbocycles. The lowest BCUT2D eigenvalue weighted by Crippen LogP contribution is -2.42. The van der Waals surface area contributed by atoms with E-state index in [-0.39, 0.29) is 29.2 Å². The topological polar surface area (TPSA) is 119 Å². The van der Waals surface area contributed by atoms with Gasteiger partial charge in [-0.2, -0.15) is 0 Å². The van der Waals surface area contributed by atoms with Gasteiger partial charge in [0.1, 0.15) is 11.8 Å². The minimum Gasteiger partial charge on any atom is -0.366 e. The van der Waals surface area contributed by atoms with Crippen molar-refractivity contribution in [3.05, 3.63) is 41.7 Å². The number of nitrogens with zero attached hydrogens (tertiary/aromatic N) is 2. The molecule has 0 bridgehead atoms. The van der Waals surface area contributed by atoms with Crippen molar-refractivity contribution in [3.8, 4) is 0 Å². The maximum Gasteiger partial charge on any atom is 0.248 e.